The second-order valence-electron chi connectivity index (χ2n) is 10.5. The van der Waals surface area contributed by atoms with Gasteiger partial charge >= 0.3 is 18.7 Å². The van der Waals surface area contributed by atoms with Crippen molar-refractivity contribution in [2.24, 2.45) is 0 Å². The Labute approximate surface area is 250 Å². The minimum absolute atomic E-state index is 0.0942. The standard InChI is InChI=1S/C23H35N8O10PS/c1-10(2)40-19(34)11(3)29-42(37,43-8-12-17(33)27-22(35)30(12)5)39-7-13-15(32)23(4,36)20(41-13)31-9-25-14-16(31)26-21(24)28-18(14)38-6/h9-13,15,20,32,36H,7-8H2,1-6H3,(H,29,37)(H2,24,26,28)(H,27,33,35)/t11-,12+,13-,15-,20?,23-,42+/m1/s1. The van der Waals surface area contributed by atoms with Crippen LogP contribution in [0.25, 0.3) is 11.2 Å². The van der Waals surface area contributed by atoms with Crippen LogP contribution in [0.1, 0.15) is 33.9 Å². The number of nitrogens with zero attached hydrogens (tertiary/aromatic N) is 5. The number of nitrogens with one attached hydrogen (secondary N) is 2. The number of methoxy groups -OCH3 is 1. The predicted molar refractivity (Wildman–Crippen MR) is 152 cm³/mol. The third-order valence-corrected chi connectivity index (χ3v) is 10.9. The lowest BCUT2D eigenvalue weighted by Gasteiger charge is -2.27. The van der Waals surface area contributed by atoms with Crippen molar-refractivity contribution in [1.82, 2.24) is 34.8 Å². The molecule has 43 heavy (non-hydrogen) atoms. The summed E-state index contributed by atoms with van der Waals surface area (Å²) in [7, 11) is 2.79. The molecule has 4 rings (SSSR count). The number of urea groups is 1. The van der Waals surface area contributed by atoms with E-state index in [2.05, 4.69) is 25.4 Å². The summed E-state index contributed by atoms with van der Waals surface area (Å²) in [6.45, 7) is 1.49. The van der Waals surface area contributed by atoms with E-state index in [0.717, 1.165) is 4.90 Å². The Morgan fingerprint density at radius 1 is 1.35 bits per heavy atom. The first-order chi connectivity index (χ1) is 20.1. The van der Waals surface area contributed by atoms with Crippen molar-refractivity contribution >= 4 is 53.1 Å². The summed E-state index contributed by atoms with van der Waals surface area (Å²) in [6.07, 6.45) is -3.16. The molecule has 0 radical (unpaired) electrons. The van der Waals surface area contributed by atoms with Gasteiger partial charge in [-0.3, -0.25) is 24.0 Å². The van der Waals surface area contributed by atoms with Gasteiger partial charge in [-0.25, -0.2) is 14.9 Å². The molecule has 3 amide bonds. The Kier molecular flexibility index (Phi) is 9.55. The molecule has 0 bridgehead atoms. The van der Waals surface area contributed by atoms with E-state index in [1.807, 2.05) is 0 Å². The maximum Gasteiger partial charge on any atom is 0.327 e. The van der Waals surface area contributed by atoms with Crippen LogP contribution in [0.15, 0.2) is 6.33 Å². The number of hydrogen-bond donors (Lipinski definition) is 5. The number of likely N-dealkylation sites (N-methyl/N-ethyl adjacent to an activating group) is 1. The van der Waals surface area contributed by atoms with Crippen LogP contribution in [-0.2, 0) is 28.2 Å². The number of aromatic nitrogens is 4. The number of ether oxygens (including phenoxy) is 3. The van der Waals surface area contributed by atoms with Gasteiger partial charge in [-0.2, -0.15) is 9.97 Å². The van der Waals surface area contributed by atoms with Gasteiger partial charge in [-0.1, -0.05) is 11.4 Å². The molecule has 6 N–H and O–H groups in total. The van der Waals surface area contributed by atoms with Crippen LogP contribution in [0.5, 0.6) is 5.88 Å². The second kappa shape index (κ2) is 12.5. The van der Waals surface area contributed by atoms with Crippen LogP contribution in [0.3, 0.4) is 0 Å². The van der Waals surface area contributed by atoms with E-state index in [-0.39, 0.29) is 28.7 Å². The molecule has 2 aliphatic heterocycles. The SMILES string of the molecule is COc1nc(N)nc2c1ncn2C1O[C@H](CO[P@@](=O)(N[C@H](C)C(=O)OC(C)C)SC[C@H]2C(=O)NC(=O)N2C)[C@@H](O)[C@@]1(C)O. The molecule has 2 aromatic heterocycles. The minimum atomic E-state index is -4.05. The zero-order chi connectivity index (χ0) is 31.9. The number of fused-ring (bicyclic) bond motifs is 1. The van der Waals surface area contributed by atoms with E-state index in [0.29, 0.717) is 11.4 Å². The van der Waals surface area contributed by atoms with E-state index in [1.54, 1.807) is 13.8 Å². The van der Waals surface area contributed by atoms with E-state index in [1.165, 1.54) is 38.9 Å². The molecule has 0 spiro atoms. The molecule has 7 atom stereocenters. The zero-order valence-electron chi connectivity index (χ0n) is 24.3. The van der Waals surface area contributed by atoms with Crippen molar-refractivity contribution in [3.63, 3.8) is 0 Å². The van der Waals surface area contributed by atoms with Gasteiger partial charge in [0.2, 0.25) is 11.8 Å². The lowest BCUT2D eigenvalue weighted by molar-refractivity contribution is -0.149. The molecule has 20 heteroatoms. The first kappa shape index (κ1) is 32.8. The molecule has 0 aromatic carbocycles. The molecule has 0 saturated carbocycles. The molecule has 0 aliphatic carbocycles. The van der Waals surface area contributed by atoms with Crippen LogP contribution in [0.4, 0.5) is 10.7 Å². The number of anilines is 1. The highest BCUT2D eigenvalue weighted by molar-refractivity contribution is 8.56. The summed E-state index contributed by atoms with van der Waals surface area (Å²) in [6, 6.07) is -2.66. The number of aliphatic hydroxyl groups excluding tert-OH is 1. The molecular formula is C23H35N8O10PS. The fourth-order valence-corrected chi connectivity index (χ4v) is 8.43. The van der Waals surface area contributed by atoms with Gasteiger partial charge in [-0.15, -0.1) is 0 Å². The van der Waals surface area contributed by atoms with Gasteiger partial charge in [-0.05, 0) is 27.7 Å². The van der Waals surface area contributed by atoms with Gasteiger partial charge < -0.3 is 39.6 Å². The number of amides is 3. The third kappa shape index (κ3) is 6.72. The van der Waals surface area contributed by atoms with Crippen molar-refractivity contribution in [2.45, 2.75) is 69.9 Å². The number of esters is 1. The normalized spacial score (nSPS) is 27.9. The predicted octanol–water partition coefficient (Wildman–Crippen LogP) is -0.236. The summed E-state index contributed by atoms with van der Waals surface area (Å²) in [5, 5.41) is 27.1. The monoisotopic (exact) mass is 646 g/mol. The highest BCUT2D eigenvalue weighted by Crippen LogP contribution is 2.57. The Hall–Kier alpha value is -3.06. The summed E-state index contributed by atoms with van der Waals surface area (Å²) < 4.78 is 37.5. The molecule has 4 heterocycles. The fourth-order valence-electron chi connectivity index (χ4n) is 4.46. The lowest BCUT2D eigenvalue weighted by Crippen LogP contribution is -2.44. The number of nitrogen functional groups attached to an aromatic ring is 1. The Morgan fingerprint density at radius 3 is 2.65 bits per heavy atom. The van der Waals surface area contributed by atoms with Gasteiger partial charge in [0.05, 0.1) is 26.1 Å². The number of imidazole rings is 1. The van der Waals surface area contributed by atoms with Crippen LogP contribution in [0.2, 0.25) is 0 Å². The average molecular weight is 647 g/mol. The van der Waals surface area contributed by atoms with Crippen LogP contribution < -0.4 is 20.9 Å². The summed E-state index contributed by atoms with van der Waals surface area (Å²) >= 11 is 0.686. The van der Waals surface area contributed by atoms with Gasteiger partial charge in [0, 0.05) is 12.8 Å². The number of rotatable bonds is 12. The molecule has 2 aromatic rings. The van der Waals surface area contributed by atoms with Crippen LogP contribution in [0, 0.1) is 0 Å². The Balaban J connectivity index is 1.54. The van der Waals surface area contributed by atoms with Crippen molar-refractivity contribution in [1.29, 1.82) is 0 Å². The second-order valence-corrected chi connectivity index (χ2v) is 14.8. The van der Waals surface area contributed by atoms with Crippen molar-refractivity contribution in [3.8, 4) is 5.88 Å². The first-order valence-electron chi connectivity index (χ1n) is 13.1. The molecule has 2 aliphatic rings. The van der Waals surface area contributed by atoms with E-state index < -0.39 is 73.5 Å². The van der Waals surface area contributed by atoms with E-state index >= 15 is 0 Å². The van der Waals surface area contributed by atoms with Crippen molar-refractivity contribution in [2.75, 3.05) is 32.3 Å². The largest absolute Gasteiger partial charge is 0.479 e. The number of hydrogen-bond acceptors (Lipinski definition) is 15. The maximum atomic E-state index is 14.0. The van der Waals surface area contributed by atoms with Crippen LogP contribution >= 0.6 is 18.1 Å². The number of nitrogens with two attached hydrogens (primary N) is 1. The Bertz CT molecular complexity index is 1440. The highest BCUT2D eigenvalue weighted by Gasteiger charge is 2.54. The van der Waals surface area contributed by atoms with Crippen molar-refractivity contribution < 1.29 is 47.9 Å². The zero-order valence-corrected chi connectivity index (χ0v) is 26.0. The quantitative estimate of drug-likeness (QED) is 0.114. The lowest BCUT2D eigenvalue weighted by atomic mass is 9.96. The highest BCUT2D eigenvalue weighted by atomic mass is 32.7. The molecule has 1 unspecified atom stereocenters. The number of carbonyl (C=O) groups excluding carboxylic acids is 3. The number of aliphatic hydroxyl groups is 2. The minimum Gasteiger partial charge on any atom is -0.479 e. The topological polar surface area (TPSA) is 243 Å². The Morgan fingerprint density at radius 2 is 2.05 bits per heavy atom. The first-order valence-corrected chi connectivity index (χ1v) is 16.3. The number of carbonyl (C=O) groups is 3. The molecule has 238 valence electrons. The van der Waals surface area contributed by atoms with E-state index in [9.17, 15) is 29.2 Å². The van der Waals surface area contributed by atoms with Crippen LogP contribution in [-0.4, -0.2) is 115 Å². The average Bonchev–Trinajstić information content (AvgIpc) is 3.52. The third-order valence-electron chi connectivity index (χ3n) is 6.80. The molecule has 2 saturated heterocycles. The molecular weight excluding hydrogens is 611 g/mol. The molecule has 2 fully saturated rings. The summed E-state index contributed by atoms with van der Waals surface area (Å²) in [5.41, 5.74) is 4.27. The van der Waals surface area contributed by atoms with Gasteiger partial charge in [0.1, 0.15) is 29.9 Å². The smallest absolute Gasteiger partial charge is 0.327 e. The summed E-state index contributed by atoms with van der Waals surface area (Å²) in [4.78, 5) is 50.1. The van der Waals surface area contributed by atoms with Gasteiger partial charge in [0.25, 0.3) is 5.91 Å². The number of imide groups is 1. The fraction of sp³-hybridized carbons (Fsp3) is 0.652. The molecule has 18 nitrogen and oxygen atoms in total. The summed E-state index contributed by atoms with van der Waals surface area (Å²) in [5.74, 6) is -1.46. The van der Waals surface area contributed by atoms with Gasteiger partial charge in [0.15, 0.2) is 17.4 Å². The van der Waals surface area contributed by atoms with Crippen molar-refractivity contribution in [3.05, 3.63) is 6.33 Å². The van der Waals surface area contributed by atoms with E-state index in [4.69, 9.17) is 24.5 Å². The maximum absolute atomic E-state index is 14.0.